The van der Waals surface area contributed by atoms with Crippen molar-refractivity contribution < 1.29 is 30.8 Å². The van der Waals surface area contributed by atoms with E-state index in [1.54, 1.807) is 24.4 Å². The van der Waals surface area contributed by atoms with Crippen LogP contribution in [0, 0.1) is 29.2 Å². The second-order valence-electron chi connectivity index (χ2n) is 8.73. The second-order valence-corrected chi connectivity index (χ2v) is 11.6. The summed E-state index contributed by atoms with van der Waals surface area (Å²) in [5.74, 6) is -4.68. The minimum atomic E-state index is -4.24. The summed E-state index contributed by atoms with van der Waals surface area (Å²) in [5, 5.41) is 0.156. The third-order valence-electron chi connectivity index (χ3n) is 6.26. The zero-order valence-corrected chi connectivity index (χ0v) is 21.3. The monoisotopic (exact) mass is 564 g/mol. The van der Waals surface area contributed by atoms with Crippen LogP contribution < -0.4 is 4.90 Å². The van der Waals surface area contributed by atoms with E-state index < -0.39 is 44.1 Å². The lowest BCUT2D eigenvalue weighted by Crippen LogP contribution is -2.44. The molecule has 7 nitrogen and oxygen atoms in total. The fraction of sp³-hybridized carbons (Fsp3) is 0.240. The van der Waals surface area contributed by atoms with Crippen LogP contribution in [0.1, 0.15) is 18.5 Å². The van der Waals surface area contributed by atoms with Gasteiger partial charge in [-0.15, -0.1) is 0 Å². The lowest BCUT2D eigenvalue weighted by molar-refractivity contribution is -0.123. The van der Waals surface area contributed by atoms with Crippen molar-refractivity contribution in [2.24, 2.45) is 5.92 Å². The number of halogens is 4. The van der Waals surface area contributed by atoms with E-state index in [4.69, 9.17) is 0 Å². The van der Waals surface area contributed by atoms with Crippen LogP contribution in [0.5, 0.6) is 0 Å². The first-order valence-corrected chi connectivity index (χ1v) is 13.8. The minimum Gasteiger partial charge on any atom is -0.282 e. The van der Waals surface area contributed by atoms with Crippen LogP contribution >= 0.6 is 11.3 Å². The molecule has 2 aromatic carbocycles. The van der Waals surface area contributed by atoms with Crippen LogP contribution in [0.4, 0.5) is 22.7 Å². The smallest absolute Gasteiger partial charge is 0.245 e. The third kappa shape index (κ3) is 5.13. The third-order valence-corrected chi connectivity index (χ3v) is 9.22. The fourth-order valence-corrected chi connectivity index (χ4v) is 6.87. The molecular formula is C25H20F4N4O3S2. The van der Waals surface area contributed by atoms with Crippen molar-refractivity contribution >= 4 is 42.6 Å². The van der Waals surface area contributed by atoms with Crippen LogP contribution in [0.25, 0.3) is 10.2 Å². The Bertz CT molecular complexity index is 1610. The molecule has 4 aromatic rings. The van der Waals surface area contributed by atoms with Gasteiger partial charge in [-0.3, -0.25) is 14.7 Å². The highest BCUT2D eigenvalue weighted by Crippen LogP contribution is 2.34. The van der Waals surface area contributed by atoms with E-state index in [-0.39, 0.29) is 53.7 Å². The molecule has 1 amide bonds. The van der Waals surface area contributed by atoms with Crippen molar-refractivity contribution in [3.05, 3.63) is 83.7 Å². The average molecular weight is 565 g/mol. The number of pyridine rings is 1. The highest BCUT2D eigenvalue weighted by molar-refractivity contribution is 7.89. The van der Waals surface area contributed by atoms with Crippen molar-refractivity contribution in [2.45, 2.75) is 24.3 Å². The van der Waals surface area contributed by atoms with Gasteiger partial charge in [0.25, 0.3) is 0 Å². The molecule has 0 radical (unpaired) electrons. The van der Waals surface area contributed by atoms with Gasteiger partial charge in [-0.1, -0.05) is 17.4 Å². The van der Waals surface area contributed by atoms with Crippen LogP contribution in [-0.4, -0.2) is 41.7 Å². The van der Waals surface area contributed by atoms with E-state index >= 15 is 0 Å². The number of benzene rings is 2. The summed E-state index contributed by atoms with van der Waals surface area (Å²) in [5.41, 5.74) is 0.478. The number of carbonyl (C=O) groups excluding carboxylic acids is 1. The number of carbonyl (C=O) groups is 1. The van der Waals surface area contributed by atoms with Gasteiger partial charge in [-0.05, 0) is 43.2 Å². The Morgan fingerprint density at radius 1 is 1.00 bits per heavy atom. The molecule has 3 heterocycles. The lowest BCUT2D eigenvalue weighted by atomic mass is 9.96. The van der Waals surface area contributed by atoms with E-state index in [0.29, 0.717) is 11.8 Å². The summed E-state index contributed by atoms with van der Waals surface area (Å²) in [6.45, 7) is -0.109. The zero-order valence-electron chi connectivity index (χ0n) is 19.7. The Morgan fingerprint density at radius 3 is 2.42 bits per heavy atom. The van der Waals surface area contributed by atoms with E-state index in [9.17, 15) is 30.8 Å². The second kappa shape index (κ2) is 10.4. The Labute approximate surface area is 219 Å². The normalized spacial score (nSPS) is 15.2. The molecule has 1 fully saturated rings. The molecule has 198 valence electrons. The molecule has 1 aliphatic heterocycles. The van der Waals surface area contributed by atoms with Crippen molar-refractivity contribution in [3.8, 4) is 0 Å². The van der Waals surface area contributed by atoms with Crippen molar-refractivity contribution in [1.29, 1.82) is 0 Å². The maximum atomic E-state index is 14.3. The van der Waals surface area contributed by atoms with E-state index in [0.717, 1.165) is 39.9 Å². The largest absolute Gasteiger partial charge is 0.282 e. The Kier molecular flexibility index (Phi) is 7.16. The number of amides is 1. The molecule has 0 saturated carbocycles. The number of sulfonamides is 1. The molecule has 38 heavy (non-hydrogen) atoms. The highest BCUT2D eigenvalue weighted by Gasteiger charge is 2.36. The van der Waals surface area contributed by atoms with Gasteiger partial charge in [0.1, 0.15) is 27.9 Å². The molecule has 0 atom stereocenters. The number of piperidine rings is 1. The van der Waals surface area contributed by atoms with Crippen molar-refractivity contribution in [2.75, 3.05) is 18.0 Å². The van der Waals surface area contributed by atoms with Crippen LogP contribution in [0.3, 0.4) is 0 Å². The summed E-state index contributed by atoms with van der Waals surface area (Å²) in [4.78, 5) is 22.9. The predicted octanol–water partition coefficient (Wildman–Crippen LogP) is 4.88. The summed E-state index contributed by atoms with van der Waals surface area (Å²) in [7, 11) is -4.24. The molecule has 0 bridgehead atoms. The van der Waals surface area contributed by atoms with Gasteiger partial charge in [0.15, 0.2) is 10.9 Å². The topological polar surface area (TPSA) is 83.5 Å². The zero-order chi connectivity index (χ0) is 27.0. The highest BCUT2D eigenvalue weighted by atomic mass is 32.2. The Hall–Kier alpha value is -3.42. The van der Waals surface area contributed by atoms with Gasteiger partial charge in [0.2, 0.25) is 15.9 Å². The molecule has 0 unspecified atom stereocenters. The lowest BCUT2D eigenvalue weighted by Gasteiger charge is -2.33. The van der Waals surface area contributed by atoms with Gasteiger partial charge in [-0.25, -0.2) is 31.0 Å². The number of hydrogen-bond acceptors (Lipinski definition) is 6. The fourth-order valence-electron chi connectivity index (χ4n) is 4.34. The van der Waals surface area contributed by atoms with Gasteiger partial charge in [0, 0.05) is 37.3 Å². The Morgan fingerprint density at radius 2 is 1.74 bits per heavy atom. The maximum absolute atomic E-state index is 14.3. The van der Waals surface area contributed by atoms with E-state index in [1.807, 2.05) is 0 Å². The average Bonchev–Trinajstić information content (AvgIpc) is 3.31. The first-order valence-electron chi connectivity index (χ1n) is 11.6. The number of fused-ring (bicyclic) bond motifs is 1. The van der Waals surface area contributed by atoms with Crippen LogP contribution in [-0.2, 0) is 21.4 Å². The molecule has 1 aliphatic rings. The summed E-state index contributed by atoms with van der Waals surface area (Å²) in [6.07, 6.45) is 1.82. The van der Waals surface area contributed by atoms with Gasteiger partial charge >= 0.3 is 0 Å². The maximum Gasteiger partial charge on any atom is 0.245 e. The van der Waals surface area contributed by atoms with Gasteiger partial charge in [0.05, 0.1) is 16.9 Å². The number of hydrogen-bond donors (Lipinski definition) is 0. The van der Waals surface area contributed by atoms with E-state index in [2.05, 4.69) is 9.97 Å². The van der Waals surface area contributed by atoms with Crippen molar-refractivity contribution in [1.82, 2.24) is 14.3 Å². The molecule has 0 N–H and O–H groups in total. The number of aromatic nitrogens is 2. The molecule has 13 heteroatoms. The van der Waals surface area contributed by atoms with Gasteiger partial charge in [-0.2, -0.15) is 4.31 Å². The standard InChI is InChI=1S/C25H20F4N4O3S2/c26-16-4-5-22(19(28)11-16)38(35,36)32-9-6-15(7-10-32)24(34)33(14-18-3-1-2-8-30-18)25-31-23-20(29)12-17(27)13-21(23)37-25/h1-5,8,11-13,15H,6-7,9-10,14H2. The molecule has 1 saturated heterocycles. The minimum absolute atomic E-state index is 0.0168. The number of rotatable bonds is 6. The molecule has 2 aromatic heterocycles. The Balaban J connectivity index is 1.39. The number of thiazole rings is 1. The molecule has 0 spiro atoms. The molecular weight excluding hydrogens is 544 g/mol. The van der Waals surface area contributed by atoms with E-state index in [1.165, 1.54) is 4.90 Å². The first-order chi connectivity index (χ1) is 18.1. The van der Waals surface area contributed by atoms with Crippen LogP contribution in [0.15, 0.2) is 59.6 Å². The summed E-state index contributed by atoms with van der Waals surface area (Å²) < 4.78 is 82.7. The van der Waals surface area contributed by atoms with Gasteiger partial charge < -0.3 is 0 Å². The number of nitrogens with zero attached hydrogens (tertiary/aromatic N) is 4. The number of anilines is 1. The predicted molar refractivity (Wildman–Crippen MR) is 133 cm³/mol. The van der Waals surface area contributed by atoms with Crippen molar-refractivity contribution in [3.63, 3.8) is 0 Å². The SMILES string of the molecule is O=C(C1CCN(S(=O)(=O)c2ccc(F)cc2F)CC1)N(Cc1ccccn1)c1nc2c(F)cc(F)cc2s1. The molecule has 5 rings (SSSR count). The molecule has 0 aliphatic carbocycles. The summed E-state index contributed by atoms with van der Waals surface area (Å²) >= 11 is 0.958. The van der Waals surface area contributed by atoms with Crippen LogP contribution in [0.2, 0.25) is 0 Å². The quantitative estimate of drug-likeness (QED) is 0.312. The summed E-state index contributed by atoms with van der Waals surface area (Å²) in [6, 6.07) is 9.28. The first kappa shape index (κ1) is 26.2.